The predicted molar refractivity (Wildman–Crippen MR) is 321 cm³/mol. The zero-order valence-electron chi connectivity index (χ0n) is 46.1. The Morgan fingerprint density at radius 2 is 1.04 bits per heavy atom. The van der Waals surface area contributed by atoms with Crippen LogP contribution in [0.25, 0.3) is 45.2 Å². The second-order valence-electron chi connectivity index (χ2n) is 20.3. The SMILES string of the molecule is CC1(C)OB(c2cc(Cl)c3oc(CNC(=O)/C=C/c4ccc(N)nc4)cc3c2)OC1(C)C.Nc1ccc(/C=C/C(=O)NCc2cc3cc(-c4cnc(C(=O)N5CCOCC5)nc4)cc(Cl)c3o2)cn1.O=C(c1ncc(Br)cn1)N1CCOCC1. The average Bonchev–Trinajstić information content (AvgIpc) is 3.32. The lowest BCUT2D eigenvalue weighted by Gasteiger charge is -2.32. The third-order valence-corrected chi connectivity index (χ3v) is 14.7. The van der Waals surface area contributed by atoms with E-state index in [2.05, 4.69) is 56.5 Å². The molecule has 9 heterocycles. The molecule has 0 atom stereocenters. The van der Waals surface area contributed by atoms with Gasteiger partial charge in [-0.1, -0.05) is 29.3 Å². The number of nitrogens with zero attached hydrogens (tertiary/aromatic N) is 8. The average molecular weight is 1240 g/mol. The molecule has 6 aromatic heterocycles. The number of nitrogen functional groups attached to an aromatic ring is 2. The van der Waals surface area contributed by atoms with Gasteiger partial charge >= 0.3 is 7.12 Å². The molecule has 22 nitrogen and oxygen atoms in total. The van der Waals surface area contributed by atoms with Crippen LogP contribution in [-0.2, 0) is 41.5 Å². The minimum Gasteiger partial charge on any atom is -0.458 e. The van der Waals surface area contributed by atoms with Gasteiger partial charge in [0.15, 0.2) is 11.2 Å². The molecule has 2 aromatic carbocycles. The Morgan fingerprint density at radius 3 is 1.49 bits per heavy atom. The molecule has 3 aliphatic heterocycles. The van der Waals surface area contributed by atoms with E-state index >= 15 is 0 Å². The number of anilines is 2. The van der Waals surface area contributed by atoms with Crippen molar-refractivity contribution in [2.75, 3.05) is 64.1 Å². The van der Waals surface area contributed by atoms with Crippen LogP contribution in [0.4, 0.5) is 11.6 Å². The maximum atomic E-state index is 12.6. The first-order valence-corrected chi connectivity index (χ1v) is 28.0. The topological polar surface area (TPSA) is 291 Å². The van der Waals surface area contributed by atoms with Gasteiger partial charge < -0.3 is 59.5 Å². The van der Waals surface area contributed by atoms with Crippen LogP contribution in [0.3, 0.4) is 0 Å². The van der Waals surface area contributed by atoms with Gasteiger partial charge in [-0.05, 0) is 133 Å². The number of morpholine rings is 2. The highest BCUT2D eigenvalue weighted by molar-refractivity contribution is 9.10. The Bertz CT molecular complexity index is 3690. The van der Waals surface area contributed by atoms with Crippen molar-refractivity contribution in [3.8, 4) is 11.1 Å². The van der Waals surface area contributed by atoms with Crippen molar-refractivity contribution >= 4 is 121 Å². The Kier molecular flexibility index (Phi) is 19.5. The number of benzene rings is 2. The highest BCUT2D eigenvalue weighted by Crippen LogP contribution is 2.38. The molecule has 0 unspecified atom stereocenters. The first-order chi connectivity index (χ1) is 40.3. The zero-order valence-corrected chi connectivity index (χ0v) is 49.2. The third kappa shape index (κ3) is 15.6. The number of rotatable bonds is 12. The number of amides is 4. The maximum Gasteiger partial charge on any atom is 0.494 e. The summed E-state index contributed by atoms with van der Waals surface area (Å²) in [4.78, 5) is 76.6. The van der Waals surface area contributed by atoms with Gasteiger partial charge in [0.1, 0.15) is 23.2 Å². The van der Waals surface area contributed by atoms with E-state index in [9.17, 15) is 19.2 Å². The van der Waals surface area contributed by atoms with Gasteiger partial charge in [-0.3, -0.25) is 19.2 Å². The lowest BCUT2D eigenvalue weighted by atomic mass is 9.78. The molecule has 8 aromatic rings. The summed E-state index contributed by atoms with van der Waals surface area (Å²) < 4.78 is 35.2. The number of furan rings is 2. The number of ether oxygens (including phenoxy) is 2. The van der Waals surface area contributed by atoms with Crippen LogP contribution < -0.4 is 27.6 Å². The molecule has 0 radical (unpaired) electrons. The summed E-state index contributed by atoms with van der Waals surface area (Å²) in [6, 6.07) is 17.9. The van der Waals surface area contributed by atoms with E-state index in [0.29, 0.717) is 103 Å². The van der Waals surface area contributed by atoms with E-state index in [4.69, 9.17) is 62.3 Å². The lowest BCUT2D eigenvalue weighted by molar-refractivity contribution is -0.117. The Labute approximate surface area is 501 Å². The molecule has 0 aliphatic carbocycles. The number of aromatic nitrogens is 6. The maximum absolute atomic E-state index is 12.6. The van der Waals surface area contributed by atoms with Crippen molar-refractivity contribution < 1.29 is 46.8 Å². The van der Waals surface area contributed by atoms with Crippen molar-refractivity contribution in [2.45, 2.75) is 52.0 Å². The first-order valence-electron chi connectivity index (χ1n) is 26.5. The quantitative estimate of drug-likeness (QED) is 0.0672. The van der Waals surface area contributed by atoms with E-state index < -0.39 is 18.3 Å². The van der Waals surface area contributed by atoms with E-state index in [-0.39, 0.29) is 48.4 Å². The normalized spacial score (nSPS) is 15.6. The van der Waals surface area contributed by atoms with Crippen LogP contribution in [0.5, 0.6) is 0 Å². The van der Waals surface area contributed by atoms with Crippen molar-refractivity contribution in [3.63, 3.8) is 0 Å². The highest BCUT2D eigenvalue weighted by Gasteiger charge is 2.52. The molecule has 0 spiro atoms. The molecule has 11 rings (SSSR count). The molecule has 0 saturated carbocycles. The summed E-state index contributed by atoms with van der Waals surface area (Å²) in [5, 5.41) is 8.03. The Hall–Kier alpha value is -8.10. The lowest BCUT2D eigenvalue weighted by Crippen LogP contribution is -2.41. The third-order valence-electron chi connectivity index (χ3n) is 13.7. The predicted octanol–water partition coefficient (Wildman–Crippen LogP) is 7.73. The van der Waals surface area contributed by atoms with Gasteiger partial charge in [0.2, 0.25) is 23.5 Å². The van der Waals surface area contributed by atoms with Crippen LogP contribution in [0, 0.1) is 0 Å². The molecule has 3 saturated heterocycles. The fourth-order valence-electron chi connectivity index (χ4n) is 8.47. The number of carbonyl (C=O) groups is 4. The van der Waals surface area contributed by atoms with Crippen molar-refractivity contribution in [1.82, 2.24) is 50.3 Å². The largest absolute Gasteiger partial charge is 0.494 e. The van der Waals surface area contributed by atoms with E-state index in [1.54, 1.807) is 95.5 Å². The standard InChI is InChI=1S/C26H23ClN6O4.C23H25BClN3O4.C9H10BrN3O2/c27-21-11-17(19-13-31-25(32-14-19)26(35)33-5-7-36-8-6-33)9-18-10-20(37-24(18)21)15-30-23(34)4-2-16-1-3-22(28)29-12-16;1-22(2)23(3,4)32-24(31-22)16-9-15-10-17(30-21(15)18(25)11-16)13-28-20(29)8-6-14-5-7-19(26)27-12-14;10-7-5-11-8(12-6-7)9(14)13-1-3-15-4-2-13/h1-4,9-14H,5-8,15H2,(H2,28,29)(H,30,34);5-12H,13H2,1-4H3,(H2,26,27)(H,28,29);5-6H,1-4H2/b4-2+;8-6+;. The molecule has 0 bridgehead atoms. The number of pyridine rings is 2. The Balaban J connectivity index is 0.000000164. The molecule has 26 heteroatoms. The molecule has 6 N–H and O–H groups in total. The number of nitrogens with two attached hydrogens (primary N) is 2. The van der Waals surface area contributed by atoms with Gasteiger partial charge in [-0.25, -0.2) is 29.9 Å². The first kappa shape index (κ1) is 60.5. The van der Waals surface area contributed by atoms with E-state index in [1.165, 1.54) is 12.2 Å². The summed E-state index contributed by atoms with van der Waals surface area (Å²) in [6.45, 7) is 12.9. The summed E-state index contributed by atoms with van der Waals surface area (Å²) in [7, 11) is -0.520. The summed E-state index contributed by atoms with van der Waals surface area (Å²) in [5.74, 6) is 1.46. The number of halogens is 3. The van der Waals surface area contributed by atoms with Crippen LogP contribution in [0.1, 0.15) is 71.6 Å². The van der Waals surface area contributed by atoms with Gasteiger partial charge in [0, 0.05) is 91.8 Å². The fourth-order valence-corrected chi connectivity index (χ4v) is 9.22. The smallest absolute Gasteiger partial charge is 0.458 e. The summed E-state index contributed by atoms with van der Waals surface area (Å²) >= 11 is 16.2. The molecule has 3 aliphatic rings. The van der Waals surface area contributed by atoms with E-state index in [1.807, 2.05) is 52.0 Å². The molecule has 434 valence electrons. The number of nitrogens with one attached hydrogen (secondary N) is 2. The summed E-state index contributed by atoms with van der Waals surface area (Å²) in [5.41, 5.74) is 15.1. The van der Waals surface area contributed by atoms with Gasteiger partial charge in [-0.15, -0.1) is 0 Å². The van der Waals surface area contributed by atoms with Crippen LogP contribution in [-0.4, -0.2) is 134 Å². The van der Waals surface area contributed by atoms with Crippen molar-refractivity contribution in [1.29, 1.82) is 0 Å². The minimum absolute atomic E-state index is 0.134. The van der Waals surface area contributed by atoms with E-state index in [0.717, 1.165) is 37.4 Å². The van der Waals surface area contributed by atoms with Crippen LogP contribution in [0.15, 0.2) is 123 Å². The molecule has 84 heavy (non-hydrogen) atoms. The van der Waals surface area contributed by atoms with Gasteiger partial charge in [0.25, 0.3) is 11.8 Å². The van der Waals surface area contributed by atoms with Crippen molar-refractivity contribution in [3.05, 3.63) is 159 Å². The van der Waals surface area contributed by atoms with Gasteiger partial charge in [0.05, 0.1) is 65.2 Å². The number of carbonyl (C=O) groups excluding carboxylic acids is 4. The van der Waals surface area contributed by atoms with Crippen LogP contribution in [0.2, 0.25) is 10.0 Å². The molecule has 3 fully saturated rings. The highest BCUT2D eigenvalue weighted by atomic mass is 79.9. The summed E-state index contributed by atoms with van der Waals surface area (Å²) in [6.07, 6.45) is 15.7. The number of fused-ring (bicyclic) bond motifs is 2. The minimum atomic E-state index is -0.520. The van der Waals surface area contributed by atoms with Crippen LogP contribution >= 0.6 is 39.1 Å². The second-order valence-corrected chi connectivity index (χ2v) is 22.0. The molecule has 4 amide bonds. The van der Waals surface area contributed by atoms with Gasteiger partial charge in [-0.2, -0.15) is 0 Å². The fraction of sp³-hybridized carbons (Fsp3) is 0.276. The monoisotopic (exact) mass is 1240 g/mol. The number of hydrogen-bond acceptors (Lipinski definition) is 18. The molecular weight excluding hydrogens is 1190 g/mol. The zero-order chi connectivity index (χ0) is 59.5. The number of hydrogen-bond donors (Lipinski definition) is 4. The second kappa shape index (κ2) is 27.1. The van der Waals surface area contributed by atoms with Crippen molar-refractivity contribution in [2.24, 2.45) is 0 Å². The Morgan fingerprint density at radius 1 is 0.595 bits per heavy atom. The molecular formula is C58H58BBrCl2N12O10.